The number of rotatable bonds is 3. The Hall–Kier alpha value is -2.56. The van der Waals surface area contributed by atoms with Crippen LogP contribution in [0.5, 0.6) is 0 Å². The summed E-state index contributed by atoms with van der Waals surface area (Å²) in [6.45, 7) is 0. The minimum atomic E-state index is -1.68. The molecule has 1 amide bonds. The molecule has 1 unspecified atom stereocenters. The topological polar surface area (TPSA) is 96.0 Å². The van der Waals surface area contributed by atoms with Crippen molar-refractivity contribution in [1.29, 1.82) is 5.26 Å². The molecular formula is C14H10FN3O2S. The molecule has 0 saturated heterocycles. The van der Waals surface area contributed by atoms with Crippen LogP contribution in [-0.4, -0.2) is 10.1 Å². The number of nitrogens with one attached hydrogen (secondary N) is 1. The third-order valence-electron chi connectivity index (χ3n) is 2.66. The molecule has 2 rings (SSSR count). The van der Waals surface area contributed by atoms with Gasteiger partial charge < -0.3 is 5.32 Å². The number of nitrogens with zero attached hydrogens (tertiary/aromatic N) is 1. The number of carbonyl (C=O) groups excluding carboxylic acids is 1. The highest BCUT2D eigenvalue weighted by molar-refractivity contribution is 7.82. The lowest BCUT2D eigenvalue weighted by Gasteiger charge is -2.07. The average molecular weight is 303 g/mol. The Kier molecular flexibility index (Phi) is 4.42. The Balaban J connectivity index is 2.28. The summed E-state index contributed by atoms with van der Waals surface area (Å²) in [7, 11) is -1.68. The number of hydrogen-bond donors (Lipinski definition) is 2. The molecule has 0 aliphatic heterocycles. The fraction of sp³-hybridized carbons (Fsp3) is 0. The quantitative estimate of drug-likeness (QED) is 0.906. The van der Waals surface area contributed by atoms with Gasteiger partial charge in [-0.1, -0.05) is 6.07 Å². The third kappa shape index (κ3) is 3.51. The molecule has 0 radical (unpaired) electrons. The minimum absolute atomic E-state index is 0.179. The molecular weight excluding hydrogens is 293 g/mol. The zero-order valence-corrected chi connectivity index (χ0v) is 11.5. The molecule has 0 aromatic heterocycles. The first-order chi connectivity index (χ1) is 10.0. The summed E-state index contributed by atoms with van der Waals surface area (Å²) < 4.78 is 24.8. The summed E-state index contributed by atoms with van der Waals surface area (Å²) in [6, 6.07) is 11.4. The molecule has 0 spiro atoms. The lowest BCUT2D eigenvalue weighted by Crippen LogP contribution is -2.14. The van der Waals surface area contributed by atoms with E-state index in [4.69, 9.17) is 10.4 Å². The second-order valence-electron chi connectivity index (χ2n) is 4.09. The van der Waals surface area contributed by atoms with Gasteiger partial charge in [0.1, 0.15) is 16.8 Å². The lowest BCUT2D eigenvalue weighted by molar-refractivity contribution is 0.102. The van der Waals surface area contributed by atoms with E-state index in [0.29, 0.717) is 10.6 Å². The van der Waals surface area contributed by atoms with Crippen molar-refractivity contribution in [3.8, 4) is 6.07 Å². The van der Waals surface area contributed by atoms with Crippen LogP contribution in [-0.2, 0) is 11.0 Å². The first-order valence-corrected chi connectivity index (χ1v) is 7.00. The highest BCUT2D eigenvalue weighted by Crippen LogP contribution is 2.16. The van der Waals surface area contributed by atoms with Gasteiger partial charge in [0.2, 0.25) is 0 Å². The fourth-order valence-electron chi connectivity index (χ4n) is 1.67. The maximum Gasteiger partial charge on any atom is 0.258 e. The van der Waals surface area contributed by atoms with Gasteiger partial charge in [-0.3, -0.25) is 4.79 Å². The number of nitrogens with two attached hydrogens (primary N) is 1. The van der Waals surface area contributed by atoms with Crippen molar-refractivity contribution in [3.05, 3.63) is 59.4 Å². The molecule has 3 N–H and O–H groups in total. The van der Waals surface area contributed by atoms with Crippen LogP contribution >= 0.6 is 0 Å². The number of carbonyl (C=O) groups is 1. The highest BCUT2D eigenvalue weighted by Gasteiger charge is 2.13. The van der Waals surface area contributed by atoms with Crippen molar-refractivity contribution >= 4 is 22.6 Å². The molecule has 0 aliphatic rings. The molecule has 21 heavy (non-hydrogen) atoms. The van der Waals surface area contributed by atoms with Crippen molar-refractivity contribution in [2.45, 2.75) is 4.90 Å². The van der Waals surface area contributed by atoms with E-state index in [1.807, 2.05) is 6.07 Å². The van der Waals surface area contributed by atoms with Crippen molar-refractivity contribution in [2.75, 3.05) is 5.32 Å². The van der Waals surface area contributed by atoms with Crippen LogP contribution < -0.4 is 10.5 Å². The van der Waals surface area contributed by atoms with E-state index in [2.05, 4.69) is 5.32 Å². The molecule has 1 atom stereocenters. The van der Waals surface area contributed by atoms with Gasteiger partial charge in [-0.15, -0.1) is 0 Å². The van der Waals surface area contributed by atoms with E-state index in [1.54, 1.807) is 18.2 Å². The van der Waals surface area contributed by atoms with Gasteiger partial charge >= 0.3 is 0 Å². The molecule has 0 fully saturated rings. The van der Waals surface area contributed by atoms with Gasteiger partial charge in [-0.05, 0) is 36.4 Å². The van der Waals surface area contributed by atoms with E-state index in [0.717, 1.165) is 12.1 Å². The third-order valence-corrected chi connectivity index (χ3v) is 3.38. The van der Waals surface area contributed by atoms with Crippen molar-refractivity contribution < 1.29 is 13.4 Å². The predicted molar refractivity (Wildman–Crippen MR) is 76.1 cm³/mol. The van der Waals surface area contributed by atoms with Gasteiger partial charge in [0.15, 0.2) is 0 Å². The van der Waals surface area contributed by atoms with Crippen LogP contribution in [0.15, 0.2) is 47.4 Å². The fourth-order valence-corrected chi connectivity index (χ4v) is 2.12. The smallest absolute Gasteiger partial charge is 0.258 e. The van der Waals surface area contributed by atoms with Gasteiger partial charge in [-0.25, -0.2) is 13.7 Å². The summed E-state index contributed by atoms with van der Waals surface area (Å²) in [5.41, 5.74) is 0.268. The molecule has 0 heterocycles. The van der Waals surface area contributed by atoms with E-state index >= 15 is 0 Å². The Morgan fingerprint density at radius 1 is 1.29 bits per heavy atom. The van der Waals surface area contributed by atoms with Crippen LogP contribution in [0.4, 0.5) is 10.1 Å². The standard InChI is InChI=1S/C14H10FN3O2S/c15-13-5-4-9(8-16)6-12(13)14(19)18-10-2-1-3-11(7-10)21(17)20/h1-7H,17H2,(H,18,19). The van der Waals surface area contributed by atoms with Crippen LogP contribution in [0.2, 0.25) is 0 Å². The largest absolute Gasteiger partial charge is 0.322 e. The number of benzene rings is 2. The van der Waals surface area contributed by atoms with Crippen molar-refractivity contribution in [3.63, 3.8) is 0 Å². The summed E-state index contributed by atoms with van der Waals surface area (Å²) in [5, 5.41) is 16.5. The zero-order chi connectivity index (χ0) is 15.4. The Morgan fingerprint density at radius 2 is 2.05 bits per heavy atom. The van der Waals surface area contributed by atoms with Gasteiger partial charge in [0.05, 0.1) is 22.1 Å². The first kappa shape index (κ1) is 14.8. The van der Waals surface area contributed by atoms with Crippen LogP contribution in [0.1, 0.15) is 15.9 Å². The molecule has 2 aromatic rings. The predicted octanol–water partition coefficient (Wildman–Crippen LogP) is 1.93. The average Bonchev–Trinajstić information content (AvgIpc) is 2.48. The summed E-state index contributed by atoms with van der Waals surface area (Å²) >= 11 is 0. The number of hydrogen-bond acceptors (Lipinski definition) is 3. The van der Waals surface area contributed by atoms with Crippen molar-refractivity contribution in [1.82, 2.24) is 0 Å². The second-order valence-corrected chi connectivity index (χ2v) is 5.15. The summed E-state index contributed by atoms with van der Waals surface area (Å²) in [6.07, 6.45) is 0. The van der Waals surface area contributed by atoms with Crippen LogP contribution in [0, 0.1) is 17.1 Å². The molecule has 2 aromatic carbocycles. The first-order valence-electron chi connectivity index (χ1n) is 5.78. The molecule has 0 bridgehead atoms. The minimum Gasteiger partial charge on any atom is -0.322 e. The molecule has 7 heteroatoms. The van der Waals surface area contributed by atoms with E-state index in [9.17, 15) is 13.4 Å². The molecule has 106 valence electrons. The summed E-state index contributed by atoms with van der Waals surface area (Å²) in [4.78, 5) is 12.3. The van der Waals surface area contributed by atoms with E-state index in [1.165, 1.54) is 12.1 Å². The van der Waals surface area contributed by atoms with Gasteiger partial charge in [0.25, 0.3) is 5.91 Å². The van der Waals surface area contributed by atoms with E-state index in [-0.39, 0.29) is 11.1 Å². The van der Waals surface area contributed by atoms with Crippen LogP contribution in [0.3, 0.4) is 0 Å². The highest BCUT2D eigenvalue weighted by atomic mass is 32.2. The number of amides is 1. The Labute approximate surface area is 122 Å². The number of halogens is 1. The van der Waals surface area contributed by atoms with Gasteiger partial charge in [0, 0.05) is 5.69 Å². The summed E-state index contributed by atoms with van der Waals surface area (Å²) in [5.74, 6) is -1.44. The monoisotopic (exact) mass is 303 g/mol. The Morgan fingerprint density at radius 3 is 2.71 bits per heavy atom. The van der Waals surface area contributed by atoms with Crippen molar-refractivity contribution in [2.24, 2.45) is 5.14 Å². The van der Waals surface area contributed by atoms with E-state index < -0.39 is 22.7 Å². The van der Waals surface area contributed by atoms with Crippen LogP contribution in [0.25, 0.3) is 0 Å². The Bertz CT molecular complexity index is 771. The van der Waals surface area contributed by atoms with Gasteiger partial charge in [-0.2, -0.15) is 5.26 Å². The molecule has 0 saturated carbocycles. The second kappa shape index (κ2) is 6.26. The number of anilines is 1. The SMILES string of the molecule is N#Cc1ccc(F)c(C(=O)Nc2cccc(S(N)=O)c2)c1. The molecule has 5 nitrogen and oxygen atoms in total. The normalized spacial score (nSPS) is 11.5. The zero-order valence-electron chi connectivity index (χ0n) is 10.7. The maximum atomic E-state index is 13.6. The number of nitriles is 1. The lowest BCUT2D eigenvalue weighted by atomic mass is 10.1. The maximum absolute atomic E-state index is 13.6. The molecule has 0 aliphatic carbocycles.